The molecule has 1 unspecified atom stereocenters. The number of hydrogen-bond donors (Lipinski definition) is 3. The second-order valence-corrected chi connectivity index (χ2v) is 4.18. The van der Waals surface area contributed by atoms with Crippen LogP contribution in [0.1, 0.15) is 17.3 Å². The molecular weight excluding hydrogens is 246 g/mol. The molecule has 1 aromatic rings. The molecule has 0 spiro atoms. The molecule has 1 aromatic carbocycles. The number of primary amides is 1. The second-order valence-electron chi connectivity index (χ2n) is 4.18. The van der Waals surface area contributed by atoms with Crippen LogP contribution in [0.15, 0.2) is 24.3 Å². The summed E-state index contributed by atoms with van der Waals surface area (Å²) < 4.78 is 5.10. The Morgan fingerprint density at radius 2 is 1.95 bits per heavy atom. The third kappa shape index (κ3) is 5.39. The fraction of sp³-hybridized carbons (Fsp3) is 0.385. The third-order valence-corrected chi connectivity index (χ3v) is 2.56. The van der Waals surface area contributed by atoms with E-state index in [4.69, 9.17) is 10.5 Å². The van der Waals surface area contributed by atoms with Crippen LogP contribution in [0.25, 0.3) is 0 Å². The molecule has 0 radical (unpaired) electrons. The fourth-order valence-electron chi connectivity index (χ4n) is 1.31. The first-order chi connectivity index (χ1) is 9.02. The Morgan fingerprint density at radius 1 is 1.32 bits per heavy atom. The minimum absolute atomic E-state index is 0.149. The maximum absolute atomic E-state index is 11.8. The molecule has 0 aliphatic carbocycles. The van der Waals surface area contributed by atoms with Gasteiger partial charge in [0, 0.05) is 18.2 Å². The van der Waals surface area contributed by atoms with Crippen molar-refractivity contribution in [3.05, 3.63) is 29.8 Å². The smallest absolute Gasteiger partial charge is 0.255 e. The molecule has 0 heterocycles. The van der Waals surface area contributed by atoms with E-state index >= 15 is 0 Å². The SMILES string of the molecule is CNC(C)CNC(=O)c1ccc(OCC(N)=O)cc1. The molecule has 0 aromatic heterocycles. The predicted molar refractivity (Wildman–Crippen MR) is 72.0 cm³/mol. The van der Waals surface area contributed by atoms with Crippen molar-refractivity contribution >= 4 is 11.8 Å². The van der Waals surface area contributed by atoms with E-state index in [9.17, 15) is 9.59 Å². The van der Waals surface area contributed by atoms with Gasteiger partial charge in [0.15, 0.2) is 6.61 Å². The Balaban J connectivity index is 2.50. The average Bonchev–Trinajstić information content (AvgIpc) is 2.42. The highest BCUT2D eigenvalue weighted by Gasteiger charge is 2.07. The standard InChI is InChI=1S/C13H19N3O3/c1-9(15-2)7-16-13(18)10-3-5-11(6-4-10)19-8-12(14)17/h3-6,9,15H,7-8H2,1-2H3,(H2,14,17)(H,16,18). The number of nitrogens with two attached hydrogens (primary N) is 1. The lowest BCUT2D eigenvalue weighted by molar-refractivity contribution is -0.119. The van der Waals surface area contributed by atoms with Gasteiger partial charge < -0.3 is 21.1 Å². The molecule has 104 valence electrons. The molecule has 6 heteroatoms. The largest absolute Gasteiger partial charge is 0.484 e. The van der Waals surface area contributed by atoms with Gasteiger partial charge >= 0.3 is 0 Å². The van der Waals surface area contributed by atoms with Crippen LogP contribution in [0.5, 0.6) is 5.75 Å². The molecule has 0 saturated heterocycles. The van der Waals surface area contributed by atoms with E-state index in [1.807, 2.05) is 14.0 Å². The molecule has 4 N–H and O–H groups in total. The summed E-state index contributed by atoms with van der Waals surface area (Å²) >= 11 is 0. The maximum Gasteiger partial charge on any atom is 0.255 e. The Bertz CT molecular complexity index is 431. The number of hydrogen-bond acceptors (Lipinski definition) is 4. The highest BCUT2D eigenvalue weighted by Crippen LogP contribution is 2.11. The molecular formula is C13H19N3O3. The number of carbonyl (C=O) groups is 2. The van der Waals surface area contributed by atoms with E-state index in [0.717, 1.165) is 0 Å². The lowest BCUT2D eigenvalue weighted by Gasteiger charge is -2.11. The molecule has 2 amide bonds. The number of carbonyl (C=O) groups excluding carboxylic acids is 2. The Labute approximate surface area is 112 Å². The predicted octanol–water partition coefficient (Wildman–Crippen LogP) is -0.112. The highest BCUT2D eigenvalue weighted by atomic mass is 16.5. The van der Waals surface area contributed by atoms with E-state index in [1.54, 1.807) is 24.3 Å². The quantitative estimate of drug-likeness (QED) is 0.641. The summed E-state index contributed by atoms with van der Waals surface area (Å²) in [4.78, 5) is 22.3. The van der Waals surface area contributed by atoms with Crippen LogP contribution in [-0.2, 0) is 4.79 Å². The van der Waals surface area contributed by atoms with Crippen LogP contribution in [0.4, 0.5) is 0 Å². The molecule has 0 fully saturated rings. The summed E-state index contributed by atoms with van der Waals surface area (Å²) in [5, 5.41) is 5.83. The van der Waals surface area contributed by atoms with Gasteiger partial charge in [0.1, 0.15) is 5.75 Å². The minimum atomic E-state index is -0.539. The molecule has 19 heavy (non-hydrogen) atoms. The summed E-state index contributed by atoms with van der Waals surface area (Å²) in [5.41, 5.74) is 5.50. The summed E-state index contributed by atoms with van der Waals surface area (Å²) in [6, 6.07) is 6.73. The van der Waals surface area contributed by atoms with Crippen molar-refractivity contribution in [3.63, 3.8) is 0 Å². The number of nitrogens with one attached hydrogen (secondary N) is 2. The van der Waals surface area contributed by atoms with E-state index in [-0.39, 0.29) is 18.6 Å². The monoisotopic (exact) mass is 265 g/mol. The first kappa shape index (κ1) is 15.0. The van der Waals surface area contributed by atoms with Crippen molar-refractivity contribution < 1.29 is 14.3 Å². The molecule has 0 bridgehead atoms. The molecule has 0 aliphatic rings. The van der Waals surface area contributed by atoms with E-state index in [2.05, 4.69) is 10.6 Å². The van der Waals surface area contributed by atoms with E-state index in [0.29, 0.717) is 17.9 Å². The second kappa shape index (κ2) is 7.38. The normalized spacial score (nSPS) is 11.7. The summed E-state index contributed by atoms with van der Waals surface area (Å²) in [7, 11) is 1.84. The first-order valence-electron chi connectivity index (χ1n) is 5.99. The van der Waals surface area contributed by atoms with Gasteiger partial charge in [-0.05, 0) is 38.2 Å². The van der Waals surface area contributed by atoms with Gasteiger partial charge in [-0.1, -0.05) is 0 Å². The minimum Gasteiger partial charge on any atom is -0.484 e. The molecule has 1 rings (SSSR count). The van der Waals surface area contributed by atoms with Gasteiger partial charge in [0.2, 0.25) is 0 Å². The van der Waals surface area contributed by atoms with Crippen molar-refractivity contribution in [2.75, 3.05) is 20.2 Å². The Morgan fingerprint density at radius 3 is 2.47 bits per heavy atom. The number of benzene rings is 1. The fourth-order valence-corrected chi connectivity index (χ4v) is 1.31. The number of amides is 2. The van der Waals surface area contributed by atoms with Gasteiger partial charge in [-0.3, -0.25) is 9.59 Å². The lowest BCUT2D eigenvalue weighted by atomic mass is 10.2. The topological polar surface area (TPSA) is 93.4 Å². The summed E-state index contributed by atoms with van der Waals surface area (Å²) in [5.74, 6) is -0.189. The van der Waals surface area contributed by atoms with Crippen LogP contribution >= 0.6 is 0 Å². The van der Waals surface area contributed by atoms with Crippen molar-refractivity contribution in [1.82, 2.24) is 10.6 Å². The number of ether oxygens (including phenoxy) is 1. The van der Waals surface area contributed by atoms with Crippen molar-refractivity contribution in [1.29, 1.82) is 0 Å². The van der Waals surface area contributed by atoms with Crippen molar-refractivity contribution in [3.8, 4) is 5.75 Å². The zero-order chi connectivity index (χ0) is 14.3. The van der Waals surface area contributed by atoms with Gasteiger partial charge in [0.25, 0.3) is 11.8 Å². The zero-order valence-corrected chi connectivity index (χ0v) is 11.1. The summed E-state index contributed by atoms with van der Waals surface area (Å²) in [6.45, 7) is 2.35. The molecule has 0 saturated carbocycles. The van der Waals surface area contributed by atoms with Gasteiger partial charge in [-0.2, -0.15) is 0 Å². The van der Waals surface area contributed by atoms with E-state index < -0.39 is 5.91 Å². The van der Waals surface area contributed by atoms with Crippen LogP contribution in [0.2, 0.25) is 0 Å². The Hall–Kier alpha value is -2.08. The third-order valence-electron chi connectivity index (χ3n) is 2.56. The van der Waals surface area contributed by atoms with Gasteiger partial charge in [0.05, 0.1) is 0 Å². The summed E-state index contributed by atoms with van der Waals surface area (Å²) in [6.07, 6.45) is 0. The lowest BCUT2D eigenvalue weighted by Crippen LogP contribution is -2.37. The maximum atomic E-state index is 11.8. The first-order valence-corrected chi connectivity index (χ1v) is 5.99. The van der Waals surface area contributed by atoms with Crippen LogP contribution in [-0.4, -0.2) is 38.1 Å². The number of rotatable bonds is 7. The van der Waals surface area contributed by atoms with Crippen LogP contribution in [0.3, 0.4) is 0 Å². The van der Waals surface area contributed by atoms with Crippen LogP contribution in [0, 0.1) is 0 Å². The molecule has 6 nitrogen and oxygen atoms in total. The molecule has 1 atom stereocenters. The number of likely N-dealkylation sites (N-methyl/N-ethyl adjacent to an activating group) is 1. The average molecular weight is 265 g/mol. The Kier molecular flexibility index (Phi) is 5.81. The van der Waals surface area contributed by atoms with Crippen molar-refractivity contribution in [2.45, 2.75) is 13.0 Å². The van der Waals surface area contributed by atoms with Gasteiger partial charge in [-0.15, -0.1) is 0 Å². The van der Waals surface area contributed by atoms with Crippen molar-refractivity contribution in [2.24, 2.45) is 5.73 Å². The molecule has 0 aliphatic heterocycles. The highest BCUT2D eigenvalue weighted by molar-refractivity contribution is 5.94. The van der Waals surface area contributed by atoms with E-state index in [1.165, 1.54) is 0 Å². The van der Waals surface area contributed by atoms with Gasteiger partial charge in [-0.25, -0.2) is 0 Å². The van der Waals surface area contributed by atoms with Crippen LogP contribution < -0.4 is 21.1 Å². The zero-order valence-electron chi connectivity index (χ0n) is 11.1.